The summed E-state index contributed by atoms with van der Waals surface area (Å²) in [5.74, 6) is 2.16. The van der Waals surface area contributed by atoms with Gasteiger partial charge in [0.25, 0.3) is 0 Å². The highest BCUT2D eigenvalue weighted by molar-refractivity contribution is 6.29. The van der Waals surface area contributed by atoms with E-state index in [9.17, 15) is 4.79 Å². The molecule has 1 N–H and O–H groups in total. The van der Waals surface area contributed by atoms with Gasteiger partial charge < -0.3 is 10.0 Å². The molecule has 3 unspecified atom stereocenters. The molecule has 1 aromatic heterocycles. The average Bonchev–Trinajstić information content (AvgIpc) is 3.00. The third kappa shape index (κ3) is 2.62. The van der Waals surface area contributed by atoms with Crippen molar-refractivity contribution in [3.05, 3.63) is 22.8 Å². The van der Waals surface area contributed by atoms with E-state index in [1.807, 2.05) is 11.9 Å². The number of anilines is 1. The number of nitrogens with zero attached hydrogens (tertiary/aromatic N) is 2. The summed E-state index contributed by atoms with van der Waals surface area (Å²) in [4.78, 5) is 17.4. The number of aromatic nitrogens is 1. The summed E-state index contributed by atoms with van der Waals surface area (Å²) in [5, 5.41) is 9.32. The molecule has 2 saturated carbocycles. The summed E-state index contributed by atoms with van der Waals surface area (Å²) in [5.41, 5.74) is 0.194. The van der Waals surface area contributed by atoms with Gasteiger partial charge in [-0.05, 0) is 49.1 Å². The van der Waals surface area contributed by atoms with E-state index in [4.69, 9.17) is 16.7 Å². The van der Waals surface area contributed by atoms with E-state index in [1.54, 1.807) is 6.07 Å². The van der Waals surface area contributed by atoms with Gasteiger partial charge in [-0.2, -0.15) is 0 Å². The molecule has 0 spiro atoms. The molecule has 0 amide bonds. The van der Waals surface area contributed by atoms with Crippen LogP contribution in [-0.2, 0) is 0 Å². The lowest BCUT2D eigenvalue weighted by molar-refractivity contribution is 0.0697. The molecule has 0 radical (unpaired) electrons. The fourth-order valence-electron chi connectivity index (χ4n) is 3.85. The summed E-state index contributed by atoms with van der Waals surface area (Å²) in [6.07, 6.45) is 5.43. The standard InChI is InChI=1S/C15H19ClN2O2/c1-18(8-12-5-9-2-3-10(12)4-9)14-7-11(15(19)20)6-13(16)17-14/h6-7,9-10,12H,2-5,8H2,1H3,(H,19,20). The minimum absolute atomic E-state index is 0.194. The Morgan fingerprint density at radius 3 is 2.85 bits per heavy atom. The Labute approximate surface area is 123 Å². The first-order valence-corrected chi connectivity index (χ1v) is 7.52. The fourth-order valence-corrected chi connectivity index (χ4v) is 4.05. The number of carboxylic acids is 1. The van der Waals surface area contributed by atoms with E-state index in [-0.39, 0.29) is 10.7 Å². The zero-order valence-electron chi connectivity index (χ0n) is 11.6. The Morgan fingerprint density at radius 1 is 1.45 bits per heavy atom. The van der Waals surface area contributed by atoms with E-state index in [0.717, 1.165) is 18.4 Å². The molecule has 1 aromatic rings. The van der Waals surface area contributed by atoms with Crippen LogP contribution in [0.5, 0.6) is 0 Å². The second-order valence-electron chi connectivity index (χ2n) is 6.16. The van der Waals surface area contributed by atoms with Crippen molar-refractivity contribution in [2.75, 3.05) is 18.5 Å². The summed E-state index contributed by atoms with van der Waals surface area (Å²) in [6.45, 7) is 0.938. The van der Waals surface area contributed by atoms with Crippen LogP contribution >= 0.6 is 11.6 Å². The number of halogens is 1. The second-order valence-corrected chi connectivity index (χ2v) is 6.54. The van der Waals surface area contributed by atoms with Crippen LogP contribution in [0.15, 0.2) is 12.1 Å². The van der Waals surface area contributed by atoms with E-state index in [2.05, 4.69) is 4.98 Å². The average molecular weight is 295 g/mol. The number of pyridine rings is 1. The molecule has 4 nitrogen and oxygen atoms in total. The van der Waals surface area contributed by atoms with Crippen LogP contribution in [0.3, 0.4) is 0 Å². The smallest absolute Gasteiger partial charge is 0.335 e. The van der Waals surface area contributed by atoms with E-state index >= 15 is 0 Å². The zero-order chi connectivity index (χ0) is 14.3. The third-order valence-corrected chi connectivity index (χ3v) is 5.01. The van der Waals surface area contributed by atoms with Crippen molar-refractivity contribution in [1.29, 1.82) is 0 Å². The Hall–Kier alpha value is -1.29. The van der Waals surface area contributed by atoms with E-state index < -0.39 is 5.97 Å². The van der Waals surface area contributed by atoms with Crippen molar-refractivity contribution in [3.8, 4) is 0 Å². The van der Waals surface area contributed by atoms with Crippen molar-refractivity contribution >= 4 is 23.4 Å². The number of hydrogen-bond donors (Lipinski definition) is 1. The molecule has 2 fully saturated rings. The summed E-state index contributed by atoms with van der Waals surface area (Å²) >= 11 is 5.92. The molecule has 2 aliphatic carbocycles. The Balaban J connectivity index is 1.73. The van der Waals surface area contributed by atoms with E-state index in [1.165, 1.54) is 31.7 Å². The molecule has 0 saturated heterocycles. The van der Waals surface area contributed by atoms with Crippen LogP contribution < -0.4 is 4.90 Å². The van der Waals surface area contributed by atoms with Crippen LogP contribution in [0.1, 0.15) is 36.0 Å². The highest BCUT2D eigenvalue weighted by Crippen LogP contribution is 2.48. The number of carboxylic acid groups (broad SMARTS) is 1. The maximum atomic E-state index is 11.1. The van der Waals surface area contributed by atoms with Crippen LogP contribution in [0.25, 0.3) is 0 Å². The SMILES string of the molecule is CN(CC1CC2CCC1C2)c1cc(C(=O)O)cc(Cl)n1. The minimum atomic E-state index is -0.969. The molecule has 1 heterocycles. The first kappa shape index (κ1) is 13.7. The minimum Gasteiger partial charge on any atom is -0.478 e. The first-order valence-electron chi connectivity index (χ1n) is 7.15. The normalized spacial score (nSPS) is 27.8. The summed E-state index contributed by atoms with van der Waals surface area (Å²) in [7, 11) is 1.97. The molecule has 3 rings (SSSR count). The molecule has 0 aliphatic heterocycles. The van der Waals surface area contributed by atoms with Crippen molar-refractivity contribution in [2.45, 2.75) is 25.7 Å². The van der Waals surface area contributed by atoms with Crippen molar-refractivity contribution < 1.29 is 9.90 Å². The highest BCUT2D eigenvalue weighted by Gasteiger charge is 2.39. The predicted molar refractivity (Wildman–Crippen MR) is 78.4 cm³/mol. The predicted octanol–water partition coefficient (Wildman–Crippen LogP) is 3.31. The van der Waals surface area contributed by atoms with Crippen LogP contribution in [0, 0.1) is 17.8 Å². The van der Waals surface area contributed by atoms with Crippen LogP contribution in [0.4, 0.5) is 5.82 Å². The Bertz CT molecular complexity index is 535. The van der Waals surface area contributed by atoms with Gasteiger partial charge in [0.05, 0.1) is 5.56 Å². The zero-order valence-corrected chi connectivity index (χ0v) is 12.3. The van der Waals surface area contributed by atoms with Gasteiger partial charge in [0.2, 0.25) is 0 Å². The highest BCUT2D eigenvalue weighted by atomic mass is 35.5. The maximum absolute atomic E-state index is 11.1. The first-order chi connectivity index (χ1) is 9.52. The van der Waals surface area contributed by atoms with Gasteiger partial charge in [-0.15, -0.1) is 0 Å². The molecule has 0 aromatic carbocycles. The van der Waals surface area contributed by atoms with Crippen LogP contribution in [-0.4, -0.2) is 29.7 Å². The van der Waals surface area contributed by atoms with Gasteiger partial charge in [-0.25, -0.2) is 9.78 Å². The van der Waals surface area contributed by atoms with Gasteiger partial charge in [-0.1, -0.05) is 18.0 Å². The second kappa shape index (κ2) is 5.24. The van der Waals surface area contributed by atoms with Gasteiger partial charge in [0, 0.05) is 13.6 Å². The third-order valence-electron chi connectivity index (χ3n) is 4.81. The topological polar surface area (TPSA) is 53.4 Å². The van der Waals surface area contributed by atoms with Gasteiger partial charge >= 0.3 is 5.97 Å². The van der Waals surface area contributed by atoms with Gasteiger partial charge in [-0.3, -0.25) is 0 Å². The van der Waals surface area contributed by atoms with E-state index in [0.29, 0.717) is 11.7 Å². The van der Waals surface area contributed by atoms with Gasteiger partial charge in [0.15, 0.2) is 0 Å². The quantitative estimate of drug-likeness (QED) is 0.866. The monoisotopic (exact) mass is 294 g/mol. The largest absolute Gasteiger partial charge is 0.478 e. The molecule has 2 bridgehead atoms. The molecular formula is C15H19ClN2O2. The lowest BCUT2D eigenvalue weighted by atomic mass is 9.88. The number of aromatic carboxylic acids is 1. The number of hydrogen-bond acceptors (Lipinski definition) is 3. The summed E-state index contributed by atoms with van der Waals surface area (Å²) < 4.78 is 0. The number of rotatable bonds is 4. The lowest BCUT2D eigenvalue weighted by Gasteiger charge is -2.28. The Morgan fingerprint density at radius 2 is 2.25 bits per heavy atom. The number of fused-ring (bicyclic) bond motifs is 2. The van der Waals surface area contributed by atoms with Crippen LogP contribution in [0.2, 0.25) is 5.15 Å². The molecule has 108 valence electrons. The molecular weight excluding hydrogens is 276 g/mol. The van der Waals surface area contributed by atoms with Crippen molar-refractivity contribution in [2.24, 2.45) is 17.8 Å². The Kier molecular flexibility index (Phi) is 3.59. The number of carbonyl (C=O) groups is 1. The fraction of sp³-hybridized carbons (Fsp3) is 0.600. The van der Waals surface area contributed by atoms with Crippen molar-refractivity contribution in [1.82, 2.24) is 4.98 Å². The molecule has 3 atom stereocenters. The lowest BCUT2D eigenvalue weighted by Crippen LogP contribution is -2.29. The van der Waals surface area contributed by atoms with Gasteiger partial charge in [0.1, 0.15) is 11.0 Å². The molecule has 2 aliphatic rings. The maximum Gasteiger partial charge on any atom is 0.335 e. The molecule has 20 heavy (non-hydrogen) atoms. The summed E-state index contributed by atoms with van der Waals surface area (Å²) in [6, 6.07) is 2.99. The molecule has 5 heteroatoms. The van der Waals surface area contributed by atoms with Crippen molar-refractivity contribution in [3.63, 3.8) is 0 Å².